The van der Waals surface area contributed by atoms with Crippen molar-refractivity contribution in [2.24, 2.45) is 11.8 Å². The summed E-state index contributed by atoms with van der Waals surface area (Å²) in [4.78, 5) is 0. The van der Waals surface area contributed by atoms with E-state index in [1.54, 1.807) is 0 Å². The van der Waals surface area contributed by atoms with Crippen LogP contribution >= 0.6 is 0 Å². The molecule has 0 saturated carbocycles. The third-order valence-corrected chi connectivity index (χ3v) is 2.26. The molecular weight excluding hydrogens is 120 g/mol. The van der Waals surface area contributed by atoms with Crippen molar-refractivity contribution in [3.8, 4) is 0 Å². The first-order valence-electron chi connectivity index (χ1n) is 3.93. The Kier molecular flexibility index (Phi) is 4.10. The van der Waals surface area contributed by atoms with E-state index < -0.39 is 0 Å². The van der Waals surface area contributed by atoms with Crippen LogP contribution in [0, 0.1) is 11.8 Å². The smallest absolute Gasteiger partial charge is 0.0174 e. The van der Waals surface area contributed by atoms with Crippen molar-refractivity contribution in [1.82, 2.24) is 0 Å². The molecule has 0 heterocycles. The lowest BCUT2D eigenvalue weighted by Gasteiger charge is -2.17. The van der Waals surface area contributed by atoms with Gasteiger partial charge in [0, 0.05) is 0 Å². The fourth-order valence-corrected chi connectivity index (χ4v) is 0.898. The lowest BCUT2D eigenvalue weighted by molar-refractivity contribution is 0.520. The Hall–Kier alpha value is -0.520. The second-order valence-electron chi connectivity index (χ2n) is 2.90. The second-order valence-corrected chi connectivity index (χ2v) is 2.90. The predicted molar refractivity (Wildman–Crippen MR) is 48.0 cm³/mol. The summed E-state index contributed by atoms with van der Waals surface area (Å²) >= 11 is 0. The number of hydrogen-bond donors (Lipinski definition) is 0. The molecule has 0 spiro atoms. The average molecular weight is 138 g/mol. The highest BCUT2D eigenvalue weighted by Gasteiger charge is 2.09. The Morgan fingerprint density at radius 1 is 1.50 bits per heavy atom. The van der Waals surface area contributed by atoms with Crippen LogP contribution in [0.1, 0.15) is 27.2 Å². The molecule has 2 atom stereocenters. The zero-order valence-electron chi connectivity index (χ0n) is 7.35. The van der Waals surface area contributed by atoms with Crippen LogP contribution in [0.4, 0.5) is 0 Å². The normalized spacial score (nSPS) is 15.9. The molecule has 0 aliphatic carbocycles. The van der Waals surface area contributed by atoms with E-state index in [-0.39, 0.29) is 0 Å². The summed E-state index contributed by atoms with van der Waals surface area (Å²) in [5.74, 6) is 1.15. The fourth-order valence-electron chi connectivity index (χ4n) is 0.898. The topological polar surface area (TPSA) is 0 Å². The van der Waals surface area contributed by atoms with Crippen molar-refractivity contribution in [3.63, 3.8) is 0 Å². The Bertz CT molecular complexity index is 122. The highest BCUT2D eigenvalue weighted by Crippen LogP contribution is 2.21. The molecule has 0 amide bonds. The van der Waals surface area contributed by atoms with E-state index >= 15 is 0 Å². The molecule has 0 aromatic heterocycles. The first-order chi connectivity index (χ1) is 4.63. The van der Waals surface area contributed by atoms with E-state index in [0.29, 0.717) is 11.8 Å². The standard InChI is InChI=1S/C10H18/c1-6-8(3)10(5)9(4)7-2/h6,8,10H,1,4,7H2,2-3,5H3. The predicted octanol–water partition coefficient (Wildman–Crippen LogP) is 3.41. The number of rotatable bonds is 4. The molecule has 0 fully saturated rings. The highest BCUT2D eigenvalue weighted by atomic mass is 14.1. The van der Waals surface area contributed by atoms with Gasteiger partial charge in [0.25, 0.3) is 0 Å². The number of hydrogen-bond acceptors (Lipinski definition) is 0. The molecule has 0 nitrogen and oxygen atoms in total. The largest absolute Gasteiger partial charge is 0.103 e. The lowest BCUT2D eigenvalue weighted by Crippen LogP contribution is -2.06. The van der Waals surface area contributed by atoms with Gasteiger partial charge >= 0.3 is 0 Å². The maximum atomic E-state index is 3.99. The molecule has 2 unspecified atom stereocenters. The van der Waals surface area contributed by atoms with Gasteiger partial charge in [0.15, 0.2) is 0 Å². The van der Waals surface area contributed by atoms with Gasteiger partial charge in [-0.05, 0) is 18.3 Å². The minimum absolute atomic E-state index is 0.562. The highest BCUT2D eigenvalue weighted by molar-refractivity contribution is 5.02. The van der Waals surface area contributed by atoms with E-state index in [1.807, 2.05) is 6.08 Å². The minimum atomic E-state index is 0.562. The van der Waals surface area contributed by atoms with Crippen LogP contribution in [0.3, 0.4) is 0 Å². The molecule has 0 N–H and O–H groups in total. The molecule has 0 heteroatoms. The van der Waals surface area contributed by atoms with E-state index in [2.05, 4.69) is 33.9 Å². The van der Waals surface area contributed by atoms with Crippen molar-refractivity contribution in [2.75, 3.05) is 0 Å². The molecule has 0 aliphatic heterocycles. The van der Waals surface area contributed by atoms with Gasteiger partial charge in [-0.1, -0.05) is 39.0 Å². The maximum Gasteiger partial charge on any atom is -0.0174 e. The zero-order chi connectivity index (χ0) is 8.15. The van der Waals surface area contributed by atoms with Crippen LogP contribution in [0.25, 0.3) is 0 Å². The molecule has 0 rings (SSSR count). The average Bonchev–Trinajstić information content (AvgIpc) is 2.00. The Balaban J connectivity index is 3.93. The fraction of sp³-hybridized carbons (Fsp3) is 0.600. The van der Waals surface area contributed by atoms with Crippen molar-refractivity contribution >= 4 is 0 Å². The zero-order valence-corrected chi connectivity index (χ0v) is 7.35. The summed E-state index contributed by atoms with van der Waals surface area (Å²) in [7, 11) is 0. The van der Waals surface area contributed by atoms with Crippen LogP contribution < -0.4 is 0 Å². The summed E-state index contributed by atoms with van der Waals surface area (Å²) in [5, 5.41) is 0. The number of allylic oxidation sites excluding steroid dienone is 2. The van der Waals surface area contributed by atoms with E-state index in [9.17, 15) is 0 Å². The van der Waals surface area contributed by atoms with Crippen molar-refractivity contribution < 1.29 is 0 Å². The molecule has 0 saturated heterocycles. The summed E-state index contributed by atoms with van der Waals surface area (Å²) in [6.07, 6.45) is 3.07. The van der Waals surface area contributed by atoms with Gasteiger partial charge in [0.05, 0.1) is 0 Å². The third kappa shape index (κ3) is 2.38. The summed E-state index contributed by atoms with van der Waals surface area (Å²) < 4.78 is 0. The Labute approximate surface area is 64.6 Å². The molecule has 0 aliphatic rings. The SMILES string of the molecule is C=CC(C)C(C)C(=C)CC. The van der Waals surface area contributed by atoms with Crippen LogP contribution in [0.5, 0.6) is 0 Å². The van der Waals surface area contributed by atoms with Crippen LogP contribution in [-0.4, -0.2) is 0 Å². The second kappa shape index (κ2) is 4.32. The Morgan fingerprint density at radius 2 is 2.00 bits per heavy atom. The Morgan fingerprint density at radius 3 is 2.30 bits per heavy atom. The maximum absolute atomic E-state index is 3.99. The van der Waals surface area contributed by atoms with Crippen LogP contribution in [0.2, 0.25) is 0 Å². The van der Waals surface area contributed by atoms with E-state index in [1.165, 1.54) is 5.57 Å². The van der Waals surface area contributed by atoms with E-state index in [0.717, 1.165) is 6.42 Å². The van der Waals surface area contributed by atoms with Crippen molar-refractivity contribution in [3.05, 3.63) is 24.8 Å². The summed E-state index contributed by atoms with van der Waals surface area (Å²) in [6, 6.07) is 0. The van der Waals surface area contributed by atoms with Crippen LogP contribution in [-0.2, 0) is 0 Å². The van der Waals surface area contributed by atoms with Gasteiger partial charge in [-0.3, -0.25) is 0 Å². The van der Waals surface area contributed by atoms with Gasteiger partial charge in [-0.25, -0.2) is 0 Å². The summed E-state index contributed by atoms with van der Waals surface area (Å²) in [6.45, 7) is 14.3. The van der Waals surface area contributed by atoms with Gasteiger partial charge in [-0.2, -0.15) is 0 Å². The first-order valence-corrected chi connectivity index (χ1v) is 3.93. The first kappa shape index (κ1) is 9.48. The molecule has 10 heavy (non-hydrogen) atoms. The van der Waals surface area contributed by atoms with Crippen LogP contribution in [0.15, 0.2) is 24.8 Å². The van der Waals surface area contributed by atoms with Gasteiger partial charge in [0.2, 0.25) is 0 Å². The van der Waals surface area contributed by atoms with Gasteiger partial charge in [-0.15, -0.1) is 6.58 Å². The molecule has 0 bridgehead atoms. The molecule has 0 aromatic carbocycles. The molecule has 0 radical (unpaired) electrons. The lowest BCUT2D eigenvalue weighted by atomic mass is 9.88. The minimum Gasteiger partial charge on any atom is -0.103 e. The van der Waals surface area contributed by atoms with E-state index in [4.69, 9.17) is 0 Å². The van der Waals surface area contributed by atoms with Crippen molar-refractivity contribution in [1.29, 1.82) is 0 Å². The van der Waals surface area contributed by atoms with Crippen molar-refractivity contribution in [2.45, 2.75) is 27.2 Å². The molecular formula is C10H18. The molecule has 58 valence electrons. The van der Waals surface area contributed by atoms with Gasteiger partial charge < -0.3 is 0 Å². The van der Waals surface area contributed by atoms with Gasteiger partial charge in [0.1, 0.15) is 0 Å². The molecule has 0 aromatic rings. The quantitative estimate of drug-likeness (QED) is 0.522. The third-order valence-electron chi connectivity index (χ3n) is 2.26. The summed E-state index contributed by atoms with van der Waals surface area (Å²) in [5.41, 5.74) is 1.33. The monoisotopic (exact) mass is 138 g/mol.